The molecule has 1 fully saturated rings. The van der Waals surface area contributed by atoms with Crippen molar-refractivity contribution in [1.29, 1.82) is 0 Å². The molecule has 7 heteroatoms. The number of phenols is 1. The van der Waals surface area contributed by atoms with Crippen molar-refractivity contribution >= 4 is 17.4 Å². The van der Waals surface area contributed by atoms with E-state index < -0.39 is 0 Å². The lowest BCUT2D eigenvalue weighted by molar-refractivity contribution is -0.116. The Hall–Kier alpha value is -3.32. The number of hydrogen-bond acceptors (Lipinski definition) is 6. The van der Waals surface area contributed by atoms with Crippen molar-refractivity contribution in [3.63, 3.8) is 0 Å². The number of nitrogens with zero attached hydrogens (tertiary/aromatic N) is 3. The van der Waals surface area contributed by atoms with Gasteiger partial charge in [0, 0.05) is 57.0 Å². The van der Waals surface area contributed by atoms with Gasteiger partial charge in [-0.15, -0.1) is 0 Å². The number of aromatic hydroxyl groups is 1. The first kappa shape index (κ1) is 19.6. The number of aromatic nitrogens is 1. The molecule has 1 amide bonds. The highest BCUT2D eigenvalue weighted by Gasteiger charge is 2.22. The summed E-state index contributed by atoms with van der Waals surface area (Å²) >= 11 is 0. The summed E-state index contributed by atoms with van der Waals surface area (Å²) in [5.41, 5.74) is 4.37. The highest BCUT2D eigenvalue weighted by molar-refractivity contribution is 5.93. The number of para-hydroxylation sites is 1. The predicted molar refractivity (Wildman–Crippen MR) is 120 cm³/mol. The Morgan fingerprint density at radius 1 is 1.10 bits per heavy atom. The van der Waals surface area contributed by atoms with E-state index in [4.69, 9.17) is 4.52 Å². The van der Waals surface area contributed by atoms with Crippen molar-refractivity contribution in [2.45, 2.75) is 19.8 Å². The molecule has 2 aliphatic rings. The van der Waals surface area contributed by atoms with Gasteiger partial charge in [0.15, 0.2) is 11.6 Å². The second-order valence-electron chi connectivity index (χ2n) is 8.11. The van der Waals surface area contributed by atoms with Gasteiger partial charge in [0.25, 0.3) is 0 Å². The second kappa shape index (κ2) is 8.07. The Kier molecular flexibility index (Phi) is 5.11. The molecule has 31 heavy (non-hydrogen) atoms. The summed E-state index contributed by atoms with van der Waals surface area (Å²) in [6, 6.07) is 13.6. The van der Waals surface area contributed by atoms with E-state index in [1.165, 1.54) is 0 Å². The lowest BCUT2D eigenvalue weighted by atomic mass is 9.94. The average Bonchev–Trinajstić information content (AvgIpc) is 3.29. The maximum absolute atomic E-state index is 12.0. The monoisotopic (exact) mass is 418 g/mol. The van der Waals surface area contributed by atoms with Gasteiger partial charge in [-0.25, -0.2) is 0 Å². The quantitative estimate of drug-likeness (QED) is 0.678. The molecule has 2 N–H and O–H groups in total. The zero-order valence-electron chi connectivity index (χ0n) is 17.6. The normalized spacial score (nSPS) is 16.3. The van der Waals surface area contributed by atoms with Crippen molar-refractivity contribution in [3.8, 4) is 28.2 Å². The van der Waals surface area contributed by atoms with Crippen LogP contribution in [0.2, 0.25) is 0 Å². The first-order valence-corrected chi connectivity index (χ1v) is 10.8. The number of carbonyl (C=O) groups is 1. The summed E-state index contributed by atoms with van der Waals surface area (Å²) < 4.78 is 5.59. The van der Waals surface area contributed by atoms with Crippen LogP contribution in [0, 0.1) is 0 Å². The molecule has 2 aromatic carbocycles. The Labute approximate surface area is 181 Å². The van der Waals surface area contributed by atoms with Crippen molar-refractivity contribution in [1.82, 2.24) is 10.5 Å². The van der Waals surface area contributed by atoms with Crippen LogP contribution in [0.4, 0.5) is 11.5 Å². The summed E-state index contributed by atoms with van der Waals surface area (Å²) in [5.74, 6) is 1.57. The summed E-state index contributed by atoms with van der Waals surface area (Å²) in [6.07, 6.45) is 1.86. The topological polar surface area (TPSA) is 81.8 Å². The smallest absolute Gasteiger partial charge is 0.223 e. The van der Waals surface area contributed by atoms with Gasteiger partial charge < -0.3 is 24.7 Å². The largest absolute Gasteiger partial charge is 0.507 e. The van der Waals surface area contributed by atoms with Gasteiger partial charge in [0.05, 0.1) is 5.56 Å². The molecule has 3 heterocycles. The van der Waals surface area contributed by atoms with Gasteiger partial charge in [-0.2, -0.15) is 0 Å². The number of benzene rings is 2. The summed E-state index contributed by atoms with van der Waals surface area (Å²) in [6.45, 7) is 5.95. The number of rotatable bonds is 3. The summed E-state index contributed by atoms with van der Waals surface area (Å²) in [5, 5.41) is 18.6. The number of hydrogen-bond donors (Lipinski definition) is 2. The third-order valence-electron chi connectivity index (χ3n) is 6.13. The molecule has 1 saturated heterocycles. The number of anilines is 2. The SMILES string of the molecule is CC(=O)N1CCCc2cc(-c3cccc(-c4cc(N5CCNCC5)no4)c3O)ccc21. The van der Waals surface area contributed by atoms with Crippen LogP contribution < -0.4 is 15.1 Å². The van der Waals surface area contributed by atoms with Crippen molar-refractivity contribution in [3.05, 3.63) is 48.0 Å². The van der Waals surface area contributed by atoms with Crippen LogP contribution in [0.1, 0.15) is 18.9 Å². The summed E-state index contributed by atoms with van der Waals surface area (Å²) in [7, 11) is 0. The van der Waals surface area contributed by atoms with Gasteiger partial charge in [-0.3, -0.25) is 4.79 Å². The lowest BCUT2D eigenvalue weighted by Crippen LogP contribution is -2.43. The standard InChI is InChI=1S/C24H26N4O3/c1-16(29)28-11-3-4-18-14-17(7-8-21(18)28)19-5-2-6-20(24(19)30)22-15-23(26-31-22)27-12-9-25-10-13-27/h2,5-8,14-15,25,30H,3-4,9-13H2,1H3. The molecule has 0 spiro atoms. The van der Waals surface area contributed by atoms with E-state index in [2.05, 4.69) is 21.4 Å². The van der Waals surface area contributed by atoms with Crippen LogP contribution in [0.25, 0.3) is 22.5 Å². The zero-order valence-corrected chi connectivity index (χ0v) is 17.6. The minimum Gasteiger partial charge on any atom is -0.507 e. The summed E-state index contributed by atoms with van der Waals surface area (Å²) in [4.78, 5) is 16.0. The molecule has 0 unspecified atom stereocenters. The zero-order chi connectivity index (χ0) is 21.4. The van der Waals surface area contributed by atoms with E-state index in [1.54, 1.807) is 6.92 Å². The van der Waals surface area contributed by atoms with E-state index >= 15 is 0 Å². The number of piperazine rings is 1. The Bertz CT molecular complexity index is 1120. The van der Waals surface area contributed by atoms with Gasteiger partial charge in [-0.1, -0.05) is 23.4 Å². The van der Waals surface area contributed by atoms with Crippen molar-refractivity contribution in [2.75, 3.05) is 42.5 Å². The highest BCUT2D eigenvalue weighted by Crippen LogP contribution is 2.40. The minimum atomic E-state index is 0.0594. The lowest BCUT2D eigenvalue weighted by Gasteiger charge is -2.29. The molecule has 2 aliphatic heterocycles. The van der Waals surface area contributed by atoms with Crippen LogP contribution in [0.3, 0.4) is 0 Å². The number of amides is 1. The molecular weight excluding hydrogens is 392 g/mol. The van der Waals surface area contributed by atoms with E-state index in [0.717, 1.165) is 73.8 Å². The highest BCUT2D eigenvalue weighted by atomic mass is 16.5. The minimum absolute atomic E-state index is 0.0594. The van der Waals surface area contributed by atoms with E-state index in [9.17, 15) is 9.90 Å². The molecule has 7 nitrogen and oxygen atoms in total. The van der Waals surface area contributed by atoms with Crippen molar-refractivity contribution < 1.29 is 14.4 Å². The number of aryl methyl sites for hydroxylation is 1. The number of carbonyl (C=O) groups excluding carboxylic acids is 1. The van der Waals surface area contributed by atoms with Crippen molar-refractivity contribution in [2.24, 2.45) is 0 Å². The molecule has 5 rings (SSSR count). The number of phenolic OH excluding ortho intramolecular Hbond substituents is 1. The molecule has 0 bridgehead atoms. The second-order valence-corrected chi connectivity index (χ2v) is 8.11. The first-order chi connectivity index (χ1) is 15.1. The predicted octanol–water partition coefficient (Wildman–Crippen LogP) is 3.42. The number of fused-ring (bicyclic) bond motifs is 1. The van der Waals surface area contributed by atoms with Crippen LogP contribution in [-0.2, 0) is 11.2 Å². The first-order valence-electron chi connectivity index (χ1n) is 10.8. The third-order valence-corrected chi connectivity index (χ3v) is 6.13. The molecular formula is C24H26N4O3. The molecule has 1 aromatic heterocycles. The average molecular weight is 418 g/mol. The third kappa shape index (κ3) is 3.65. The Morgan fingerprint density at radius 2 is 1.90 bits per heavy atom. The van der Waals surface area contributed by atoms with Crippen LogP contribution in [0.15, 0.2) is 47.0 Å². The Balaban J connectivity index is 1.48. The van der Waals surface area contributed by atoms with Crippen LogP contribution >= 0.6 is 0 Å². The molecule has 0 radical (unpaired) electrons. The molecule has 0 aliphatic carbocycles. The van der Waals surface area contributed by atoms with Crippen LogP contribution in [-0.4, -0.2) is 48.9 Å². The molecule has 0 atom stereocenters. The van der Waals surface area contributed by atoms with E-state index in [0.29, 0.717) is 11.3 Å². The van der Waals surface area contributed by atoms with E-state index in [-0.39, 0.29) is 11.7 Å². The number of nitrogens with one attached hydrogen (secondary N) is 1. The van der Waals surface area contributed by atoms with Crippen LogP contribution in [0.5, 0.6) is 5.75 Å². The van der Waals surface area contributed by atoms with Gasteiger partial charge in [0.2, 0.25) is 5.91 Å². The maximum atomic E-state index is 12.0. The van der Waals surface area contributed by atoms with Gasteiger partial charge >= 0.3 is 0 Å². The Morgan fingerprint density at radius 3 is 2.71 bits per heavy atom. The van der Waals surface area contributed by atoms with Gasteiger partial charge in [0.1, 0.15) is 5.75 Å². The molecule has 0 saturated carbocycles. The van der Waals surface area contributed by atoms with Gasteiger partial charge in [-0.05, 0) is 42.2 Å². The van der Waals surface area contributed by atoms with E-state index in [1.807, 2.05) is 41.3 Å². The fourth-order valence-electron chi connectivity index (χ4n) is 4.50. The maximum Gasteiger partial charge on any atom is 0.223 e. The molecule has 160 valence electrons. The fourth-order valence-corrected chi connectivity index (χ4v) is 4.50. The fraction of sp³-hybridized carbons (Fsp3) is 0.333. The molecule has 3 aromatic rings.